The van der Waals surface area contributed by atoms with Crippen LogP contribution in [-0.2, 0) is 9.59 Å². The molecule has 0 aromatic carbocycles. The molecule has 0 radical (unpaired) electrons. The zero-order valence-corrected chi connectivity index (χ0v) is 13.5. The first-order valence-electron chi connectivity index (χ1n) is 8.33. The normalized spacial score (nSPS) is 25.8. The molecule has 6 heteroatoms. The van der Waals surface area contributed by atoms with E-state index < -0.39 is 6.10 Å². The van der Waals surface area contributed by atoms with Crippen LogP contribution in [0.4, 0.5) is 0 Å². The Labute approximate surface area is 136 Å². The molecule has 0 spiro atoms. The maximum atomic E-state index is 12.8. The Morgan fingerprint density at radius 1 is 1.39 bits per heavy atom. The minimum Gasteiger partial charge on any atom is -0.467 e. The van der Waals surface area contributed by atoms with E-state index in [1.165, 1.54) is 0 Å². The molecule has 0 saturated carbocycles. The van der Waals surface area contributed by atoms with Gasteiger partial charge in [-0.3, -0.25) is 9.59 Å². The van der Waals surface area contributed by atoms with Crippen molar-refractivity contribution in [1.82, 2.24) is 9.80 Å². The molecule has 23 heavy (non-hydrogen) atoms. The molecule has 2 aliphatic heterocycles. The lowest BCUT2D eigenvalue weighted by Gasteiger charge is -2.28. The van der Waals surface area contributed by atoms with Gasteiger partial charge in [-0.15, -0.1) is 0 Å². The van der Waals surface area contributed by atoms with Crippen LogP contribution in [0.5, 0.6) is 0 Å². The first-order chi connectivity index (χ1) is 11.1. The Morgan fingerprint density at radius 2 is 2.22 bits per heavy atom. The van der Waals surface area contributed by atoms with Gasteiger partial charge in [0.25, 0.3) is 0 Å². The third-order valence-electron chi connectivity index (χ3n) is 5.01. The zero-order valence-electron chi connectivity index (χ0n) is 13.5. The number of aliphatic hydroxyl groups excluding tert-OH is 1. The maximum absolute atomic E-state index is 12.8. The lowest BCUT2D eigenvalue weighted by molar-refractivity contribution is -0.136. The van der Waals surface area contributed by atoms with Crippen LogP contribution in [0.3, 0.4) is 0 Å². The van der Waals surface area contributed by atoms with Crippen molar-refractivity contribution in [1.29, 1.82) is 0 Å². The fraction of sp³-hybridized carbons (Fsp3) is 0.647. The topological polar surface area (TPSA) is 74.0 Å². The second-order valence-corrected chi connectivity index (χ2v) is 6.55. The molecule has 2 aliphatic rings. The molecule has 126 valence electrons. The molecule has 0 bridgehead atoms. The number of carbonyl (C=O) groups excluding carboxylic acids is 2. The molecule has 3 atom stereocenters. The number of aliphatic hydroxyl groups is 1. The predicted octanol–water partition coefficient (Wildman–Crippen LogP) is 1.56. The number of amides is 2. The van der Waals surface area contributed by atoms with Crippen LogP contribution < -0.4 is 0 Å². The summed E-state index contributed by atoms with van der Waals surface area (Å²) in [4.78, 5) is 27.9. The molecule has 1 N–H and O–H groups in total. The van der Waals surface area contributed by atoms with Crippen LogP contribution in [0.15, 0.2) is 22.8 Å². The third kappa shape index (κ3) is 3.42. The van der Waals surface area contributed by atoms with E-state index in [0.29, 0.717) is 25.3 Å². The van der Waals surface area contributed by atoms with Gasteiger partial charge in [-0.05, 0) is 31.4 Å². The summed E-state index contributed by atoms with van der Waals surface area (Å²) in [6, 6.07) is 3.56. The maximum Gasteiger partial charge on any atom is 0.227 e. The summed E-state index contributed by atoms with van der Waals surface area (Å²) < 4.78 is 5.24. The number of hydrogen-bond acceptors (Lipinski definition) is 4. The van der Waals surface area contributed by atoms with Crippen molar-refractivity contribution in [3.05, 3.63) is 24.2 Å². The van der Waals surface area contributed by atoms with Crippen molar-refractivity contribution in [3.63, 3.8) is 0 Å². The van der Waals surface area contributed by atoms with Gasteiger partial charge in [0, 0.05) is 39.0 Å². The van der Waals surface area contributed by atoms with E-state index in [9.17, 15) is 14.7 Å². The summed E-state index contributed by atoms with van der Waals surface area (Å²) in [6.45, 7) is 3.48. The number of hydrogen-bond donors (Lipinski definition) is 1. The highest BCUT2D eigenvalue weighted by molar-refractivity contribution is 5.82. The molecule has 6 nitrogen and oxygen atoms in total. The van der Waals surface area contributed by atoms with Crippen LogP contribution in [0.2, 0.25) is 0 Å². The first-order valence-corrected chi connectivity index (χ1v) is 8.33. The summed E-state index contributed by atoms with van der Waals surface area (Å²) in [5.41, 5.74) is 0. The predicted molar refractivity (Wildman–Crippen MR) is 83.4 cm³/mol. The lowest BCUT2D eigenvalue weighted by Crippen LogP contribution is -2.41. The molecule has 3 rings (SSSR count). The largest absolute Gasteiger partial charge is 0.467 e. The highest BCUT2D eigenvalue weighted by Gasteiger charge is 2.37. The molecule has 2 saturated heterocycles. The number of furan rings is 1. The van der Waals surface area contributed by atoms with E-state index >= 15 is 0 Å². The number of nitrogens with zero attached hydrogens (tertiary/aromatic N) is 2. The second kappa shape index (κ2) is 6.74. The van der Waals surface area contributed by atoms with E-state index in [1.54, 1.807) is 30.2 Å². The quantitative estimate of drug-likeness (QED) is 0.914. The fourth-order valence-electron chi connectivity index (χ4n) is 3.71. The van der Waals surface area contributed by atoms with Gasteiger partial charge in [-0.1, -0.05) is 0 Å². The Morgan fingerprint density at radius 3 is 2.87 bits per heavy atom. The van der Waals surface area contributed by atoms with Crippen LogP contribution in [0, 0.1) is 5.92 Å². The minimum atomic E-state index is -0.680. The SMILES string of the molecule is CC(=O)N1CCC(C(=O)N2CCCC2CC(O)c2ccco2)C1. The highest BCUT2D eigenvalue weighted by Crippen LogP contribution is 2.30. The molecule has 0 aliphatic carbocycles. The molecule has 3 unspecified atom stereocenters. The van der Waals surface area contributed by atoms with Crippen molar-refractivity contribution in [3.8, 4) is 0 Å². The van der Waals surface area contributed by atoms with Gasteiger partial charge in [0.15, 0.2) is 0 Å². The fourth-order valence-corrected chi connectivity index (χ4v) is 3.71. The van der Waals surface area contributed by atoms with Crippen LogP contribution in [0.1, 0.15) is 44.5 Å². The zero-order chi connectivity index (χ0) is 16.4. The summed E-state index contributed by atoms with van der Waals surface area (Å²) >= 11 is 0. The van der Waals surface area contributed by atoms with Crippen molar-refractivity contribution < 1.29 is 19.1 Å². The van der Waals surface area contributed by atoms with Gasteiger partial charge in [0.05, 0.1) is 12.2 Å². The van der Waals surface area contributed by atoms with Crippen LogP contribution in [-0.4, -0.2) is 52.4 Å². The molecule has 2 fully saturated rings. The van der Waals surface area contributed by atoms with Crippen LogP contribution in [0.25, 0.3) is 0 Å². The molecule has 2 amide bonds. The van der Waals surface area contributed by atoms with Gasteiger partial charge in [-0.2, -0.15) is 0 Å². The average molecular weight is 320 g/mol. The standard InChI is InChI=1S/C17H24N2O4/c1-12(20)18-8-6-13(11-18)17(22)19-7-2-4-14(19)10-15(21)16-5-3-9-23-16/h3,5,9,13-15,21H,2,4,6-8,10-11H2,1H3. The Balaban J connectivity index is 1.60. The van der Waals surface area contributed by atoms with Gasteiger partial charge >= 0.3 is 0 Å². The summed E-state index contributed by atoms with van der Waals surface area (Å²) in [5.74, 6) is 0.614. The van der Waals surface area contributed by atoms with Crippen molar-refractivity contribution >= 4 is 11.8 Å². The van der Waals surface area contributed by atoms with Crippen molar-refractivity contribution in [2.24, 2.45) is 5.92 Å². The smallest absolute Gasteiger partial charge is 0.227 e. The number of carbonyl (C=O) groups is 2. The second-order valence-electron chi connectivity index (χ2n) is 6.55. The van der Waals surface area contributed by atoms with Crippen molar-refractivity contribution in [2.45, 2.75) is 44.8 Å². The summed E-state index contributed by atoms with van der Waals surface area (Å²) in [5, 5.41) is 10.3. The number of likely N-dealkylation sites (tertiary alicyclic amines) is 2. The number of rotatable bonds is 4. The highest BCUT2D eigenvalue weighted by atomic mass is 16.4. The van der Waals surface area contributed by atoms with Crippen molar-refractivity contribution in [2.75, 3.05) is 19.6 Å². The molecular weight excluding hydrogens is 296 g/mol. The van der Waals surface area contributed by atoms with E-state index in [2.05, 4.69) is 0 Å². The lowest BCUT2D eigenvalue weighted by atomic mass is 10.0. The minimum absolute atomic E-state index is 0.0338. The Bertz CT molecular complexity index is 557. The van der Waals surface area contributed by atoms with E-state index in [1.807, 2.05) is 4.90 Å². The first kappa shape index (κ1) is 16.1. The Kier molecular flexibility index (Phi) is 4.71. The average Bonchev–Trinajstić information content (AvgIpc) is 3.27. The molecule has 3 heterocycles. The van der Waals surface area contributed by atoms with Crippen LogP contribution >= 0.6 is 0 Å². The monoisotopic (exact) mass is 320 g/mol. The Hall–Kier alpha value is -1.82. The summed E-state index contributed by atoms with van der Waals surface area (Å²) in [6.07, 6.45) is 3.98. The molecule has 1 aromatic heterocycles. The van der Waals surface area contributed by atoms with E-state index in [4.69, 9.17) is 4.42 Å². The molecular formula is C17H24N2O4. The van der Waals surface area contributed by atoms with E-state index in [0.717, 1.165) is 25.8 Å². The van der Waals surface area contributed by atoms with E-state index in [-0.39, 0.29) is 23.8 Å². The molecule has 1 aromatic rings. The van der Waals surface area contributed by atoms with Gasteiger partial charge in [0.1, 0.15) is 11.9 Å². The van der Waals surface area contributed by atoms with Gasteiger partial charge in [0.2, 0.25) is 11.8 Å². The summed E-state index contributed by atoms with van der Waals surface area (Å²) in [7, 11) is 0. The van der Waals surface area contributed by atoms with Gasteiger partial charge < -0.3 is 19.3 Å². The van der Waals surface area contributed by atoms with Gasteiger partial charge in [-0.25, -0.2) is 0 Å². The third-order valence-corrected chi connectivity index (χ3v) is 5.01.